The van der Waals surface area contributed by atoms with Crippen molar-refractivity contribution in [2.24, 2.45) is 5.92 Å². The van der Waals surface area contributed by atoms with E-state index in [4.69, 9.17) is 0 Å². The van der Waals surface area contributed by atoms with Gasteiger partial charge in [-0.3, -0.25) is 4.79 Å². The summed E-state index contributed by atoms with van der Waals surface area (Å²) < 4.78 is 2.14. The Balaban J connectivity index is 0.00000182. The number of nitrogens with one attached hydrogen (secondary N) is 1. The van der Waals surface area contributed by atoms with Gasteiger partial charge < -0.3 is 14.8 Å². The van der Waals surface area contributed by atoms with Crippen LogP contribution in [0, 0.1) is 5.92 Å². The molecular formula is C18H24ClN5O. The third kappa shape index (κ3) is 3.55. The number of nitrogens with zero attached hydrogens (tertiary/aromatic N) is 4. The average Bonchev–Trinajstić information content (AvgIpc) is 3.05. The van der Waals surface area contributed by atoms with Crippen molar-refractivity contribution in [2.45, 2.75) is 38.9 Å². The summed E-state index contributed by atoms with van der Waals surface area (Å²) in [7, 11) is 0. The number of benzene rings is 1. The summed E-state index contributed by atoms with van der Waals surface area (Å²) in [5.74, 6) is 2.20. The van der Waals surface area contributed by atoms with E-state index in [-0.39, 0.29) is 24.2 Å². The first-order valence-corrected chi connectivity index (χ1v) is 8.72. The first kappa shape index (κ1) is 17.9. The van der Waals surface area contributed by atoms with Crippen molar-refractivity contribution in [2.75, 3.05) is 13.1 Å². The van der Waals surface area contributed by atoms with E-state index in [1.54, 1.807) is 0 Å². The van der Waals surface area contributed by atoms with Crippen LogP contribution in [-0.2, 0) is 17.9 Å². The van der Waals surface area contributed by atoms with Gasteiger partial charge >= 0.3 is 0 Å². The van der Waals surface area contributed by atoms with Crippen LogP contribution in [0.25, 0.3) is 11.4 Å². The van der Waals surface area contributed by atoms with Crippen molar-refractivity contribution >= 4 is 18.3 Å². The number of hydrogen-bond donors (Lipinski definition) is 1. The van der Waals surface area contributed by atoms with Gasteiger partial charge in [-0.05, 0) is 26.3 Å². The molecule has 2 aliphatic heterocycles. The van der Waals surface area contributed by atoms with Gasteiger partial charge in [0.1, 0.15) is 0 Å². The van der Waals surface area contributed by atoms with Crippen LogP contribution in [0.5, 0.6) is 0 Å². The highest BCUT2D eigenvalue weighted by atomic mass is 35.5. The monoisotopic (exact) mass is 361 g/mol. The molecule has 1 aromatic carbocycles. The topological polar surface area (TPSA) is 63.1 Å². The molecule has 0 aliphatic carbocycles. The van der Waals surface area contributed by atoms with Crippen LogP contribution in [0.1, 0.15) is 25.6 Å². The lowest BCUT2D eigenvalue weighted by Crippen LogP contribution is -2.46. The molecule has 134 valence electrons. The van der Waals surface area contributed by atoms with Gasteiger partial charge in [-0.1, -0.05) is 30.3 Å². The van der Waals surface area contributed by atoms with Crippen molar-refractivity contribution in [1.29, 1.82) is 0 Å². The first-order valence-electron chi connectivity index (χ1n) is 8.72. The second kappa shape index (κ2) is 7.54. The zero-order valence-corrected chi connectivity index (χ0v) is 15.2. The Morgan fingerprint density at radius 1 is 1.20 bits per heavy atom. The molecule has 3 heterocycles. The van der Waals surface area contributed by atoms with Crippen LogP contribution in [0.15, 0.2) is 30.3 Å². The summed E-state index contributed by atoms with van der Waals surface area (Å²) >= 11 is 0. The molecule has 0 radical (unpaired) electrons. The van der Waals surface area contributed by atoms with Crippen LogP contribution in [0.3, 0.4) is 0 Å². The van der Waals surface area contributed by atoms with E-state index in [1.165, 1.54) is 0 Å². The summed E-state index contributed by atoms with van der Waals surface area (Å²) in [4.78, 5) is 14.8. The van der Waals surface area contributed by atoms with Crippen LogP contribution in [0.2, 0.25) is 0 Å². The molecule has 1 aromatic heterocycles. The van der Waals surface area contributed by atoms with E-state index in [2.05, 4.69) is 27.0 Å². The second-order valence-corrected chi connectivity index (χ2v) is 6.79. The summed E-state index contributed by atoms with van der Waals surface area (Å²) in [5, 5.41) is 12.1. The molecule has 7 heteroatoms. The predicted molar refractivity (Wildman–Crippen MR) is 98.3 cm³/mol. The van der Waals surface area contributed by atoms with Crippen LogP contribution >= 0.6 is 12.4 Å². The summed E-state index contributed by atoms with van der Waals surface area (Å²) in [5.41, 5.74) is 1.07. The van der Waals surface area contributed by atoms with E-state index < -0.39 is 0 Å². The summed E-state index contributed by atoms with van der Waals surface area (Å²) in [6, 6.07) is 10.5. The van der Waals surface area contributed by atoms with Gasteiger partial charge in [0.15, 0.2) is 11.6 Å². The van der Waals surface area contributed by atoms with Gasteiger partial charge in [-0.2, -0.15) is 0 Å². The largest absolute Gasteiger partial charge is 0.333 e. The second-order valence-electron chi connectivity index (χ2n) is 6.79. The molecule has 1 amide bonds. The lowest BCUT2D eigenvalue weighted by molar-refractivity contribution is -0.138. The average molecular weight is 362 g/mol. The molecule has 2 aromatic rings. The fourth-order valence-electron chi connectivity index (χ4n) is 3.76. The van der Waals surface area contributed by atoms with Crippen molar-refractivity contribution in [3.63, 3.8) is 0 Å². The number of piperidine rings is 1. The Hall–Kier alpha value is -1.92. The molecule has 2 atom stereocenters. The number of fused-ring (bicyclic) bond motifs is 1. The first-order chi connectivity index (χ1) is 11.7. The van der Waals surface area contributed by atoms with Gasteiger partial charge in [0, 0.05) is 30.6 Å². The van der Waals surface area contributed by atoms with Gasteiger partial charge in [0.2, 0.25) is 5.91 Å². The van der Waals surface area contributed by atoms with Crippen molar-refractivity contribution < 1.29 is 4.79 Å². The molecule has 4 rings (SSSR count). The Kier molecular flexibility index (Phi) is 5.39. The van der Waals surface area contributed by atoms with Gasteiger partial charge in [0.25, 0.3) is 0 Å². The molecule has 0 spiro atoms. The highest BCUT2D eigenvalue weighted by Crippen LogP contribution is 2.24. The number of halogens is 1. The van der Waals surface area contributed by atoms with Crippen LogP contribution < -0.4 is 5.32 Å². The molecule has 6 nitrogen and oxygen atoms in total. The highest BCUT2D eigenvalue weighted by Gasteiger charge is 2.31. The number of hydrogen-bond acceptors (Lipinski definition) is 4. The fraction of sp³-hybridized carbons (Fsp3) is 0.500. The highest BCUT2D eigenvalue weighted by molar-refractivity contribution is 5.85. The Bertz CT molecular complexity index is 732. The maximum atomic E-state index is 12.8. The molecule has 1 saturated heterocycles. The van der Waals surface area contributed by atoms with E-state index in [0.29, 0.717) is 12.6 Å². The van der Waals surface area contributed by atoms with Crippen molar-refractivity contribution in [3.8, 4) is 11.4 Å². The molecule has 1 fully saturated rings. The number of aromatic nitrogens is 3. The number of carbonyl (C=O) groups excluding carboxylic acids is 1. The quantitative estimate of drug-likeness (QED) is 0.889. The van der Waals surface area contributed by atoms with E-state index in [9.17, 15) is 4.79 Å². The molecule has 2 aliphatic rings. The number of amides is 1. The fourth-order valence-corrected chi connectivity index (χ4v) is 3.76. The minimum absolute atomic E-state index is 0. The molecule has 1 N–H and O–H groups in total. The van der Waals surface area contributed by atoms with Crippen molar-refractivity contribution in [1.82, 2.24) is 25.0 Å². The zero-order valence-electron chi connectivity index (χ0n) is 14.4. The van der Waals surface area contributed by atoms with E-state index in [1.807, 2.05) is 35.2 Å². The summed E-state index contributed by atoms with van der Waals surface area (Å²) in [6.45, 7) is 5.15. The molecule has 0 bridgehead atoms. The van der Waals surface area contributed by atoms with Crippen LogP contribution in [-0.4, -0.2) is 44.7 Å². The van der Waals surface area contributed by atoms with Crippen molar-refractivity contribution in [3.05, 3.63) is 36.2 Å². The maximum Gasteiger partial charge on any atom is 0.226 e. The Morgan fingerprint density at radius 2 is 2.00 bits per heavy atom. The maximum absolute atomic E-state index is 12.8. The van der Waals surface area contributed by atoms with Crippen LogP contribution in [0.4, 0.5) is 0 Å². The predicted octanol–water partition coefficient (Wildman–Crippen LogP) is 2.10. The minimum Gasteiger partial charge on any atom is -0.333 e. The lowest BCUT2D eigenvalue weighted by atomic mass is 9.92. The van der Waals surface area contributed by atoms with E-state index >= 15 is 0 Å². The molecule has 0 saturated carbocycles. The minimum atomic E-state index is 0. The third-order valence-corrected chi connectivity index (χ3v) is 5.07. The third-order valence-electron chi connectivity index (χ3n) is 5.07. The molecule has 0 unspecified atom stereocenters. The molecular weight excluding hydrogens is 338 g/mol. The normalized spacial score (nSPS) is 22.8. The zero-order chi connectivity index (χ0) is 16.5. The SMILES string of the molecule is C[C@H]1C[C@@H](C(=O)N2CCn3c(nnc3-c3ccccc3)C2)CCN1.Cl. The number of rotatable bonds is 2. The van der Waals surface area contributed by atoms with Gasteiger partial charge in [0.05, 0.1) is 6.54 Å². The summed E-state index contributed by atoms with van der Waals surface area (Å²) in [6.07, 6.45) is 1.86. The molecule has 25 heavy (non-hydrogen) atoms. The van der Waals surface area contributed by atoms with Gasteiger partial charge in [-0.15, -0.1) is 22.6 Å². The number of carbonyl (C=O) groups is 1. The van der Waals surface area contributed by atoms with E-state index in [0.717, 1.165) is 49.7 Å². The standard InChI is InChI=1S/C18H23N5O.ClH/c1-13-11-15(7-8-19-13)18(24)22-9-10-23-16(12-22)20-21-17(23)14-5-3-2-4-6-14;/h2-6,13,15,19H,7-12H2,1H3;1H/t13-,15-;/m0./s1. The Morgan fingerprint density at radius 3 is 2.76 bits per heavy atom. The Labute approximate surface area is 154 Å². The lowest BCUT2D eigenvalue weighted by Gasteiger charge is -2.34. The van der Waals surface area contributed by atoms with Gasteiger partial charge in [-0.25, -0.2) is 0 Å². The smallest absolute Gasteiger partial charge is 0.226 e.